The summed E-state index contributed by atoms with van der Waals surface area (Å²) in [5, 5.41) is 38.1. The van der Waals surface area contributed by atoms with Gasteiger partial charge in [0, 0.05) is 43.0 Å². The number of rotatable bonds is 36. The van der Waals surface area contributed by atoms with E-state index in [9.17, 15) is 53.4 Å². The maximum atomic E-state index is 14.7. The second kappa shape index (κ2) is 33.4. The first-order valence-electron chi connectivity index (χ1n) is 25.5. The summed E-state index contributed by atoms with van der Waals surface area (Å²) in [6.45, 7) is 9.05. The summed E-state index contributed by atoms with van der Waals surface area (Å²) in [5.74, 6) is -8.99. The number of benzene rings is 1. The lowest BCUT2D eigenvalue weighted by atomic mass is 9.99. The van der Waals surface area contributed by atoms with Crippen LogP contribution in [0.5, 0.6) is 0 Å². The molecule has 0 unspecified atom stereocenters. The number of nitrogens with two attached hydrogens (primary N) is 6. The molecule has 0 bridgehead atoms. The summed E-state index contributed by atoms with van der Waals surface area (Å²) in [6.07, 6.45) is 2.13. The zero-order chi connectivity index (χ0) is 57.1. The van der Waals surface area contributed by atoms with Gasteiger partial charge in [-0.15, -0.1) is 0 Å². The molecule has 27 heteroatoms. The molecule has 2 rings (SSSR count). The number of hydrogen-bond acceptors (Lipinski definition) is 13. The van der Waals surface area contributed by atoms with Crippen molar-refractivity contribution in [2.45, 2.75) is 160 Å². The van der Waals surface area contributed by atoms with Crippen LogP contribution in [-0.2, 0) is 49.6 Å². The minimum atomic E-state index is -1.55. The van der Waals surface area contributed by atoms with E-state index in [-0.39, 0.29) is 81.8 Å². The highest BCUT2D eigenvalue weighted by Crippen LogP contribution is 2.20. The van der Waals surface area contributed by atoms with Gasteiger partial charge in [0.15, 0.2) is 11.9 Å². The van der Waals surface area contributed by atoms with Crippen LogP contribution in [0, 0.1) is 11.8 Å². The summed E-state index contributed by atoms with van der Waals surface area (Å²) in [5.41, 5.74) is 35.1. The molecule has 1 aromatic heterocycles. The number of H-pyrrole nitrogens is 1. The number of guanidine groups is 2. The van der Waals surface area contributed by atoms with E-state index in [0.29, 0.717) is 42.3 Å². The molecule has 0 aliphatic rings. The van der Waals surface area contributed by atoms with Crippen LogP contribution in [0.25, 0.3) is 10.9 Å². The summed E-state index contributed by atoms with van der Waals surface area (Å²) < 4.78 is 0. The van der Waals surface area contributed by atoms with Gasteiger partial charge in [-0.25, -0.2) is 4.79 Å². The molecular weight excluding hydrogens is 989 g/mol. The van der Waals surface area contributed by atoms with Crippen LogP contribution in [0.3, 0.4) is 0 Å². The fourth-order valence-electron chi connectivity index (χ4n) is 7.92. The Balaban J connectivity index is 2.55. The third-order valence-electron chi connectivity index (χ3n) is 11.9. The molecule has 22 N–H and O–H groups in total. The van der Waals surface area contributed by atoms with Gasteiger partial charge in [-0.05, 0) is 101 Å². The fourth-order valence-corrected chi connectivity index (χ4v) is 7.92. The molecule has 8 atom stereocenters. The summed E-state index contributed by atoms with van der Waals surface area (Å²) >= 11 is 0. The van der Waals surface area contributed by atoms with Gasteiger partial charge in [-0.2, -0.15) is 0 Å². The average Bonchev–Trinajstić information content (AvgIpc) is 3.75. The molecule has 2 aromatic rings. The van der Waals surface area contributed by atoms with Crippen molar-refractivity contribution in [3.8, 4) is 0 Å². The third-order valence-corrected chi connectivity index (χ3v) is 11.9. The van der Waals surface area contributed by atoms with E-state index >= 15 is 0 Å². The number of fused-ring (bicyclic) bond motifs is 1. The zero-order valence-electron chi connectivity index (χ0n) is 44.2. The first-order valence-corrected chi connectivity index (χ1v) is 25.5. The highest BCUT2D eigenvalue weighted by Gasteiger charge is 2.35. The van der Waals surface area contributed by atoms with Crippen LogP contribution in [0.1, 0.15) is 111 Å². The Bertz CT molecular complexity index is 2310. The molecule has 0 aliphatic carbocycles. The van der Waals surface area contributed by atoms with Crippen molar-refractivity contribution in [2.75, 3.05) is 19.6 Å². The fraction of sp³-hybridized carbons (Fsp3) is 0.612. The van der Waals surface area contributed by atoms with Gasteiger partial charge in [0.25, 0.3) is 0 Å². The van der Waals surface area contributed by atoms with Crippen LogP contribution < -0.4 is 71.6 Å². The minimum Gasteiger partial charge on any atom is -0.481 e. The molecule has 0 radical (unpaired) electrons. The topological polar surface area (TPSA) is 475 Å². The Morgan fingerprint density at radius 2 is 1.01 bits per heavy atom. The number of carbonyl (C=O) groups is 9. The van der Waals surface area contributed by atoms with Crippen LogP contribution >= 0.6 is 0 Å². The maximum Gasteiger partial charge on any atom is 0.326 e. The summed E-state index contributed by atoms with van der Waals surface area (Å²) in [4.78, 5) is 132. The first kappa shape index (κ1) is 64.6. The number of carboxylic acids is 2. The van der Waals surface area contributed by atoms with E-state index in [1.807, 2.05) is 19.9 Å². The predicted molar refractivity (Wildman–Crippen MR) is 285 cm³/mol. The molecule has 27 nitrogen and oxygen atoms in total. The number of aromatic nitrogens is 1. The van der Waals surface area contributed by atoms with Crippen molar-refractivity contribution < 1.29 is 53.4 Å². The largest absolute Gasteiger partial charge is 0.481 e. The van der Waals surface area contributed by atoms with E-state index in [2.05, 4.69) is 52.2 Å². The normalized spacial score (nSPS) is 14.3. The van der Waals surface area contributed by atoms with Gasteiger partial charge in [-0.3, -0.25) is 48.3 Å². The number of carbonyl (C=O) groups excluding carboxylic acids is 7. The van der Waals surface area contributed by atoms with Crippen molar-refractivity contribution in [2.24, 2.45) is 56.2 Å². The van der Waals surface area contributed by atoms with E-state index < -0.39 is 114 Å². The average molecular weight is 1070 g/mol. The van der Waals surface area contributed by atoms with Crippen LogP contribution in [0.2, 0.25) is 0 Å². The minimum absolute atomic E-state index is 0.0151. The molecule has 76 heavy (non-hydrogen) atoms. The smallest absolute Gasteiger partial charge is 0.326 e. The van der Waals surface area contributed by atoms with E-state index in [1.165, 1.54) is 6.92 Å². The molecule has 424 valence electrons. The highest BCUT2D eigenvalue weighted by molar-refractivity contribution is 5.98. The van der Waals surface area contributed by atoms with Crippen LogP contribution in [0.4, 0.5) is 0 Å². The third kappa shape index (κ3) is 24.2. The zero-order valence-corrected chi connectivity index (χ0v) is 44.2. The maximum absolute atomic E-state index is 14.7. The van der Waals surface area contributed by atoms with Gasteiger partial charge >= 0.3 is 11.9 Å². The predicted octanol–water partition coefficient (Wildman–Crippen LogP) is -2.27. The standard InChI is InChI=1S/C49H82N16O11/c1-26(2)22-31(51)41(69)60-33(15-10-20-56-48(52)53)43(71)61-34(16-11-21-57-49(54)55)44(72)65-38(24-29-25-58-32-13-7-6-12-30(29)32)46(74)64-37(23-27(3)4)45(73)62-35(17-18-39(66)67)42(70)59-28(5)40(68)63-36(47(75)76)14-8-9-19-50/h6-7,12-13,25-28,31,33-38,58H,8-11,14-24,50-51H2,1-5H3,(H,59,70)(H,60,69)(H,61,71)(H,62,73)(H,63,68)(H,64,74)(H,65,72)(H,66,67)(H,75,76)(H4,52,53,56)(H4,54,55,57)/t28-,31-,33-,34-,35-,36-,37-,38-/m0/s1. The summed E-state index contributed by atoms with van der Waals surface area (Å²) in [7, 11) is 0. The van der Waals surface area contributed by atoms with E-state index in [1.54, 1.807) is 38.2 Å². The van der Waals surface area contributed by atoms with Crippen molar-refractivity contribution in [3.63, 3.8) is 0 Å². The van der Waals surface area contributed by atoms with Crippen molar-refractivity contribution >= 4 is 76.1 Å². The molecule has 0 aliphatic heterocycles. The monoisotopic (exact) mass is 1070 g/mol. The van der Waals surface area contributed by atoms with E-state index in [0.717, 1.165) is 0 Å². The lowest BCUT2D eigenvalue weighted by Gasteiger charge is -2.28. The molecule has 0 fully saturated rings. The van der Waals surface area contributed by atoms with Gasteiger partial charge in [0.05, 0.1) is 6.04 Å². The van der Waals surface area contributed by atoms with Gasteiger partial charge in [0.2, 0.25) is 41.4 Å². The van der Waals surface area contributed by atoms with E-state index in [4.69, 9.17) is 34.4 Å². The van der Waals surface area contributed by atoms with Crippen molar-refractivity contribution in [1.29, 1.82) is 0 Å². The van der Waals surface area contributed by atoms with Crippen LogP contribution in [-0.4, -0.2) is 148 Å². The quantitative estimate of drug-likeness (QED) is 0.0194. The Hall–Kier alpha value is -7.55. The second-order valence-electron chi connectivity index (χ2n) is 19.5. The van der Waals surface area contributed by atoms with Gasteiger partial charge in [-0.1, -0.05) is 45.9 Å². The lowest BCUT2D eigenvalue weighted by molar-refractivity contribution is -0.142. The number of nitrogens with zero attached hydrogens (tertiary/aromatic N) is 2. The Morgan fingerprint density at radius 1 is 0.553 bits per heavy atom. The number of nitrogens with one attached hydrogen (secondary N) is 8. The number of hydrogen-bond donors (Lipinski definition) is 16. The van der Waals surface area contributed by atoms with Crippen molar-refractivity contribution in [1.82, 2.24) is 42.2 Å². The Labute approximate surface area is 442 Å². The molecule has 1 heterocycles. The number of carboxylic acid groups (broad SMARTS) is 2. The number of unbranched alkanes of at least 4 members (excludes halogenated alkanes) is 1. The number of aromatic amines is 1. The number of amides is 7. The van der Waals surface area contributed by atoms with Crippen molar-refractivity contribution in [3.05, 3.63) is 36.0 Å². The molecule has 0 spiro atoms. The number of aliphatic imine (C=N–C) groups is 2. The second-order valence-corrected chi connectivity index (χ2v) is 19.5. The molecule has 0 saturated heterocycles. The SMILES string of the molecule is CC(C)C[C@H](NC(=O)[C@H](Cc1c[nH]c2ccccc12)NC(=O)[C@H](CCCN=C(N)N)NC(=O)[C@H](CCCN=C(N)N)NC(=O)[C@@H](N)CC(C)C)C(=O)N[C@@H](CCC(=O)O)C(=O)N[C@@H](C)C(=O)N[C@@H](CCCCN)C(=O)O. The molecular formula is C49H82N16O11. The molecule has 1 aromatic carbocycles. The van der Waals surface area contributed by atoms with Gasteiger partial charge in [0.1, 0.15) is 42.3 Å². The Morgan fingerprint density at radius 3 is 1.54 bits per heavy atom. The molecule has 0 saturated carbocycles. The Kier molecular flexibility index (Phi) is 28.4. The molecule has 7 amide bonds. The number of para-hydroxylation sites is 1. The van der Waals surface area contributed by atoms with Crippen LogP contribution in [0.15, 0.2) is 40.4 Å². The summed E-state index contributed by atoms with van der Waals surface area (Å²) in [6, 6.07) is -3.33. The number of aliphatic carboxylic acids is 2. The first-order chi connectivity index (χ1) is 35.8. The highest BCUT2D eigenvalue weighted by atomic mass is 16.4. The van der Waals surface area contributed by atoms with Gasteiger partial charge < -0.3 is 86.8 Å². The lowest BCUT2D eigenvalue weighted by Crippen LogP contribution is -2.60.